The van der Waals surface area contributed by atoms with E-state index in [4.69, 9.17) is 11.0 Å². The van der Waals surface area contributed by atoms with Gasteiger partial charge in [0.15, 0.2) is 0 Å². The van der Waals surface area contributed by atoms with Gasteiger partial charge in [0.2, 0.25) is 0 Å². The Bertz CT molecular complexity index is 525. The molecule has 0 saturated carbocycles. The lowest BCUT2D eigenvalue weighted by Crippen LogP contribution is -2.37. The quantitative estimate of drug-likeness (QED) is 0.864. The molecule has 1 amide bonds. The Balaban J connectivity index is 3.10. The van der Waals surface area contributed by atoms with Crippen molar-refractivity contribution in [2.75, 3.05) is 12.3 Å². The monoisotopic (exact) mass is 327 g/mol. The third-order valence-electron chi connectivity index (χ3n) is 2.67. The Hall–Kier alpha value is -1.61. The van der Waals surface area contributed by atoms with Gasteiger partial charge in [-0.15, -0.1) is 0 Å². The molecule has 4 nitrogen and oxygen atoms in total. The molecule has 0 aliphatic heterocycles. The molecule has 0 aromatic heterocycles. The number of nitrogens with zero attached hydrogens (tertiary/aromatic N) is 2. The Morgan fingerprint density at radius 3 is 2.74 bits per heavy atom. The molecular weight excluding hydrogens is 313 g/mol. The second kappa shape index (κ2) is 6.53. The van der Waals surface area contributed by atoms with Gasteiger partial charge in [-0.1, -0.05) is 0 Å². The highest BCUT2D eigenvalue weighted by Crippen LogP contribution is 2.24. The number of anilines is 1. The Labute approximate surface area is 120 Å². The van der Waals surface area contributed by atoms with Gasteiger partial charge in [-0.25, -0.2) is 4.39 Å². The van der Waals surface area contributed by atoms with Crippen LogP contribution >= 0.6 is 15.9 Å². The predicted molar refractivity (Wildman–Crippen MR) is 74.9 cm³/mol. The lowest BCUT2D eigenvalue weighted by atomic mass is 10.1. The molecule has 0 bridgehead atoms. The van der Waals surface area contributed by atoms with E-state index in [-0.39, 0.29) is 24.1 Å². The zero-order valence-electron chi connectivity index (χ0n) is 10.8. The zero-order valence-corrected chi connectivity index (χ0v) is 12.4. The molecule has 19 heavy (non-hydrogen) atoms. The van der Waals surface area contributed by atoms with Crippen LogP contribution in [0.4, 0.5) is 10.1 Å². The van der Waals surface area contributed by atoms with E-state index in [2.05, 4.69) is 15.9 Å². The summed E-state index contributed by atoms with van der Waals surface area (Å²) in [5.74, 6) is -0.847. The fourth-order valence-electron chi connectivity index (χ4n) is 1.65. The molecular formula is C13H15BrFN3O. The van der Waals surface area contributed by atoms with Crippen LogP contribution in [-0.4, -0.2) is 23.4 Å². The maximum Gasteiger partial charge on any atom is 0.255 e. The van der Waals surface area contributed by atoms with Crippen LogP contribution in [-0.2, 0) is 0 Å². The van der Waals surface area contributed by atoms with Crippen molar-refractivity contribution in [2.24, 2.45) is 0 Å². The number of nitrogens with two attached hydrogens (primary N) is 1. The minimum Gasteiger partial charge on any atom is -0.396 e. The first-order valence-corrected chi connectivity index (χ1v) is 6.60. The first-order valence-electron chi connectivity index (χ1n) is 5.81. The summed E-state index contributed by atoms with van der Waals surface area (Å²) in [7, 11) is 0. The van der Waals surface area contributed by atoms with Gasteiger partial charge in [0, 0.05) is 17.1 Å². The number of nitrogen functional groups attached to an aromatic ring is 1. The van der Waals surface area contributed by atoms with Crippen molar-refractivity contribution < 1.29 is 9.18 Å². The second-order valence-corrected chi connectivity index (χ2v) is 5.21. The summed E-state index contributed by atoms with van der Waals surface area (Å²) in [6.07, 6.45) is 0.248. The molecule has 1 aromatic carbocycles. The Morgan fingerprint density at radius 2 is 2.21 bits per heavy atom. The number of hydrogen-bond donors (Lipinski definition) is 1. The van der Waals surface area contributed by atoms with Crippen LogP contribution < -0.4 is 5.73 Å². The van der Waals surface area contributed by atoms with E-state index < -0.39 is 5.82 Å². The van der Waals surface area contributed by atoms with Gasteiger partial charge in [0.25, 0.3) is 5.91 Å². The first kappa shape index (κ1) is 15.4. The van der Waals surface area contributed by atoms with Crippen LogP contribution in [0, 0.1) is 17.1 Å². The van der Waals surface area contributed by atoms with Crippen LogP contribution in [0.25, 0.3) is 0 Å². The van der Waals surface area contributed by atoms with Gasteiger partial charge in [-0.05, 0) is 41.9 Å². The van der Waals surface area contributed by atoms with Crippen LogP contribution in [0.2, 0.25) is 0 Å². The highest BCUT2D eigenvalue weighted by molar-refractivity contribution is 9.10. The van der Waals surface area contributed by atoms with Crippen LogP contribution in [0.1, 0.15) is 30.6 Å². The molecule has 0 radical (unpaired) electrons. The molecule has 0 spiro atoms. The summed E-state index contributed by atoms with van der Waals surface area (Å²) in [5.41, 5.74) is 5.71. The maximum absolute atomic E-state index is 13.3. The summed E-state index contributed by atoms with van der Waals surface area (Å²) in [4.78, 5) is 13.9. The van der Waals surface area contributed by atoms with Gasteiger partial charge in [-0.3, -0.25) is 4.79 Å². The molecule has 102 valence electrons. The standard InChI is InChI=1S/C13H15BrFN3O/c1-8(2)18(5-3-4-16)13(19)9-6-12(17)11(15)7-10(9)14/h6-8H,3,5,17H2,1-2H3. The first-order chi connectivity index (χ1) is 8.88. The number of halogens is 2. The average molecular weight is 328 g/mol. The van der Waals surface area contributed by atoms with E-state index >= 15 is 0 Å². The van der Waals surface area contributed by atoms with Gasteiger partial charge < -0.3 is 10.6 Å². The maximum atomic E-state index is 13.3. The van der Waals surface area contributed by atoms with Crippen molar-refractivity contribution in [1.82, 2.24) is 4.90 Å². The average Bonchev–Trinajstić information content (AvgIpc) is 2.33. The number of nitriles is 1. The predicted octanol–water partition coefficient (Wildman–Crippen LogP) is 2.93. The van der Waals surface area contributed by atoms with Crippen LogP contribution in [0.3, 0.4) is 0 Å². The second-order valence-electron chi connectivity index (χ2n) is 4.35. The van der Waals surface area contributed by atoms with Gasteiger partial charge >= 0.3 is 0 Å². The Morgan fingerprint density at radius 1 is 1.58 bits per heavy atom. The van der Waals surface area contributed by atoms with Crippen molar-refractivity contribution in [3.8, 4) is 6.07 Å². The number of amides is 1. The largest absolute Gasteiger partial charge is 0.396 e. The third kappa shape index (κ3) is 3.67. The number of carbonyl (C=O) groups is 1. The number of benzene rings is 1. The lowest BCUT2D eigenvalue weighted by Gasteiger charge is -2.26. The van der Waals surface area contributed by atoms with Crippen molar-refractivity contribution >= 4 is 27.5 Å². The zero-order chi connectivity index (χ0) is 14.6. The number of carbonyl (C=O) groups excluding carboxylic acids is 1. The van der Waals surface area contributed by atoms with Gasteiger partial charge in [0.1, 0.15) is 5.82 Å². The third-order valence-corrected chi connectivity index (χ3v) is 3.32. The minimum atomic E-state index is -0.573. The lowest BCUT2D eigenvalue weighted by molar-refractivity contribution is 0.0709. The minimum absolute atomic E-state index is 0.0565. The molecule has 1 aromatic rings. The van der Waals surface area contributed by atoms with Crippen molar-refractivity contribution in [1.29, 1.82) is 5.26 Å². The van der Waals surface area contributed by atoms with E-state index in [0.717, 1.165) is 0 Å². The summed E-state index contributed by atoms with van der Waals surface area (Å²) >= 11 is 3.16. The molecule has 2 N–H and O–H groups in total. The van der Waals surface area contributed by atoms with E-state index in [1.54, 1.807) is 4.90 Å². The van der Waals surface area contributed by atoms with Gasteiger partial charge in [0.05, 0.1) is 23.7 Å². The number of rotatable bonds is 4. The normalized spacial score (nSPS) is 10.3. The highest BCUT2D eigenvalue weighted by Gasteiger charge is 2.21. The summed E-state index contributed by atoms with van der Waals surface area (Å²) in [5, 5.41) is 8.62. The summed E-state index contributed by atoms with van der Waals surface area (Å²) < 4.78 is 13.6. The fraction of sp³-hybridized carbons (Fsp3) is 0.385. The van der Waals surface area contributed by atoms with E-state index in [1.807, 2.05) is 19.9 Å². The molecule has 0 aliphatic carbocycles. The van der Waals surface area contributed by atoms with E-state index in [9.17, 15) is 9.18 Å². The molecule has 0 heterocycles. The highest BCUT2D eigenvalue weighted by atomic mass is 79.9. The molecule has 0 saturated heterocycles. The number of hydrogen-bond acceptors (Lipinski definition) is 3. The topological polar surface area (TPSA) is 70.1 Å². The molecule has 0 aliphatic rings. The molecule has 6 heteroatoms. The van der Waals surface area contributed by atoms with Gasteiger partial charge in [-0.2, -0.15) is 5.26 Å². The van der Waals surface area contributed by atoms with Crippen LogP contribution in [0.5, 0.6) is 0 Å². The molecule has 0 atom stereocenters. The molecule has 1 rings (SSSR count). The smallest absolute Gasteiger partial charge is 0.255 e. The van der Waals surface area contributed by atoms with E-state index in [0.29, 0.717) is 16.6 Å². The van der Waals surface area contributed by atoms with Crippen molar-refractivity contribution in [3.05, 3.63) is 28.0 Å². The molecule has 0 unspecified atom stereocenters. The van der Waals surface area contributed by atoms with E-state index in [1.165, 1.54) is 12.1 Å². The molecule has 0 fully saturated rings. The summed E-state index contributed by atoms with van der Waals surface area (Å²) in [6.45, 7) is 4.04. The summed E-state index contributed by atoms with van der Waals surface area (Å²) in [6, 6.07) is 4.43. The SMILES string of the molecule is CC(C)N(CCC#N)C(=O)c1cc(N)c(F)cc1Br. The fourth-order valence-corrected chi connectivity index (χ4v) is 2.13. The van der Waals surface area contributed by atoms with Crippen molar-refractivity contribution in [2.45, 2.75) is 26.3 Å². The van der Waals surface area contributed by atoms with Crippen molar-refractivity contribution in [3.63, 3.8) is 0 Å². The Kier molecular flexibility index (Phi) is 5.31. The van der Waals surface area contributed by atoms with Crippen LogP contribution in [0.15, 0.2) is 16.6 Å².